The van der Waals surface area contributed by atoms with Crippen LogP contribution < -0.4 is 4.74 Å². The summed E-state index contributed by atoms with van der Waals surface area (Å²) in [5.74, 6) is 1.11. The Bertz CT molecular complexity index is 613. The van der Waals surface area contributed by atoms with Crippen LogP contribution in [0.2, 0.25) is 0 Å². The maximum atomic E-state index is 10.4. The molecule has 1 aliphatic heterocycles. The number of carboxylic acid groups (broad SMARTS) is 1. The molecule has 1 aromatic heterocycles. The third kappa shape index (κ3) is 3.21. The van der Waals surface area contributed by atoms with Gasteiger partial charge in [-0.1, -0.05) is 18.2 Å². The minimum atomic E-state index is -0.779. The minimum Gasteiger partial charge on any atom is -0.481 e. The normalized spacial score (nSPS) is 16.5. The number of carbonyl (C=O) groups is 1. The Morgan fingerprint density at radius 1 is 1.29 bits per heavy atom. The van der Waals surface area contributed by atoms with Crippen LogP contribution in [0.4, 0.5) is 0 Å². The summed E-state index contributed by atoms with van der Waals surface area (Å²) in [7, 11) is 0. The van der Waals surface area contributed by atoms with E-state index in [1.165, 1.54) is 0 Å². The van der Waals surface area contributed by atoms with Crippen molar-refractivity contribution in [3.63, 3.8) is 0 Å². The van der Waals surface area contributed by atoms with E-state index < -0.39 is 5.97 Å². The summed E-state index contributed by atoms with van der Waals surface area (Å²) < 4.78 is 11.4. The van der Waals surface area contributed by atoms with E-state index in [1.807, 2.05) is 24.3 Å². The summed E-state index contributed by atoms with van der Waals surface area (Å²) in [6.45, 7) is 0. The molecular formula is C15H16N2O4. The first-order valence-corrected chi connectivity index (χ1v) is 7.01. The molecule has 1 aliphatic rings. The number of ether oxygens (including phenoxy) is 1. The van der Waals surface area contributed by atoms with Crippen LogP contribution in [0, 0.1) is 0 Å². The quantitative estimate of drug-likeness (QED) is 0.822. The van der Waals surface area contributed by atoms with Crippen molar-refractivity contribution in [2.75, 3.05) is 0 Å². The Balaban J connectivity index is 1.55. The Kier molecular flexibility index (Phi) is 3.85. The third-order valence-electron chi connectivity index (χ3n) is 3.44. The fourth-order valence-corrected chi connectivity index (χ4v) is 2.37. The molecular weight excluding hydrogens is 272 g/mol. The number of rotatable bonds is 6. The fraction of sp³-hybridized carbons (Fsp3) is 0.400. The van der Waals surface area contributed by atoms with E-state index in [9.17, 15) is 4.79 Å². The molecule has 0 amide bonds. The number of aromatic nitrogens is 2. The lowest BCUT2D eigenvalue weighted by Gasteiger charge is -2.04. The molecule has 3 rings (SSSR count). The van der Waals surface area contributed by atoms with Gasteiger partial charge in [0.15, 0.2) is 6.10 Å². The van der Waals surface area contributed by atoms with Gasteiger partial charge < -0.3 is 14.3 Å². The van der Waals surface area contributed by atoms with Gasteiger partial charge in [0.1, 0.15) is 5.75 Å². The summed E-state index contributed by atoms with van der Waals surface area (Å²) in [4.78, 5) is 10.4. The largest absolute Gasteiger partial charge is 0.481 e. The summed E-state index contributed by atoms with van der Waals surface area (Å²) in [5, 5.41) is 16.6. The van der Waals surface area contributed by atoms with Gasteiger partial charge in [-0.3, -0.25) is 4.79 Å². The Morgan fingerprint density at radius 2 is 2.14 bits per heavy atom. The number of unbranched alkanes of at least 4 members (excludes halogenated alkanes) is 1. The molecule has 110 valence electrons. The maximum absolute atomic E-state index is 10.4. The number of aryl methyl sites for hydroxylation is 1. The van der Waals surface area contributed by atoms with Crippen LogP contribution in [0.5, 0.6) is 5.75 Å². The van der Waals surface area contributed by atoms with Gasteiger partial charge in [-0.05, 0) is 24.5 Å². The van der Waals surface area contributed by atoms with Gasteiger partial charge in [0.25, 0.3) is 5.89 Å². The molecule has 0 spiro atoms. The molecule has 1 N–H and O–H groups in total. The predicted molar refractivity (Wildman–Crippen MR) is 73.0 cm³/mol. The lowest BCUT2D eigenvalue weighted by molar-refractivity contribution is -0.137. The highest BCUT2D eigenvalue weighted by Crippen LogP contribution is 2.35. The van der Waals surface area contributed by atoms with Crippen molar-refractivity contribution in [1.82, 2.24) is 10.2 Å². The van der Waals surface area contributed by atoms with Crippen LogP contribution in [-0.4, -0.2) is 21.3 Å². The predicted octanol–water partition coefficient (Wildman–Crippen LogP) is 2.54. The van der Waals surface area contributed by atoms with Crippen molar-refractivity contribution >= 4 is 5.97 Å². The van der Waals surface area contributed by atoms with Gasteiger partial charge in [-0.25, -0.2) is 0 Å². The number of nitrogens with zero attached hydrogens (tertiary/aromatic N) is 2. The summed E-state index contributed by atoms with van der Waals surface area (Å²) in [5.41, 5.74) is 1.14. The second-order valence-corrected chi connectivity index (χ2v) is 5.05. The number of fused-ring (bicyclic) bond motifs is 1. The number of aliphatic carboxylic acids is 1. The van der Waals surface area contributed by atoms with E-state index >= 15 is 0 Å². The lowest BCUT2D eigenvalue weighted by atomic mass is 10.1. The number of hydrogen-bond acceptors (Lipinski definition) is 5. The van der Waals surface area contributed by atoms with Gasteiger partial charge in [-0.2, -0.15) is 0 Å². The average molecular weight is 288 g/mol. The van der Waals surface area contributed by atoms with Crippen molar-refractivity contribution in [1.29, 1.82) is 0 Å². The molecule has 0 saturated heterocycles. The fourth-order valence-electron chi connectivity index (χ4n) is 2.37. The van der Waals surface area contributed by atoms with Crippen LogP contribution in [0.3, 0.4) is 0 Å². The monoisotopic (exact) mass is 288 g/mol. The van der Waals surface area contributed by atoms with Gasteiger partial charge in [0.05, 0.1) is 0 Å². The molecule has 1 aromatic carbocycles. The number of benzene rings is 1. The van der Waals surface area contributed by atoms with Gasteiger partial charge in [0, 0.05) is 19.3 Å². The molecule has 6 heteroatoms. The second kappa shape index (κ2) is 5.95. The summed E-state index contributed by atoms with van der Waals surface area (Å²) in [6, 6.07) is 7.87. The first kappa shape index (κ1) is 13.6. The molecule has 0 aliphatic carbocycles. The minimum absolute atomic E-state index is 0.169. The maximum Gasteiger partial charge on any atom is 0.303 e. The van der Waals surface area contributed by atoms with Crippen LogP contribution >= 0.6 is 0 Å². The zero-order valence-electron chi connectivity index (χ0n) is 11.5. The van der Waals surface area contributed by atoms with Gasteiger partial charge in [-0.15, -0.1) is 10.2 Å². The first-order chi connectivity index (χ1) is 10.2. The van der Waals surface area contributed by atoms with Gasteiger partial charge >= 0.3 is 5.97 Å². The average Bonchev–Trinajstić information content (AvgIpc) is 3.09. The summed E-state index contributed by atoms with van der Waals surface area (Å²) in [6.07, 6.45) is 2.61. The number of carboxylic acids is 1. The first-order valence-electron chi connectivity index (χ1n) is 7.01. The molecule has 0 bridgehead atoms. The summed E-state index contributed by atoms with van der Waals surface area (Å²) >= 11 is 0. The van der Waals surface area contributed by atoms with Crippen LogP contribution in [0.15, 0.2) is 28.7 Å². The second-order valence-electron chi connectivity index (χ2n) is 5.05. The van der Waals surface area contributed by atoms with Crippen molar-refractivity contribution < 1.29 is 19.1 Å². The van der Waals surface area contributed by atoms with E-state index in [0.717, 1.165) is 24.2 Å². The van der Waals surface area contributed by atoms with E-state index in [-0.39, 0.29) is 12.5 Å². The third-order valence-corrected chi connectivity index (χ3v) is 3.44. The SMILES string of the molecule is O=C(O)CCCCc1nnc(C2Cc3ccccc3O2)o1. The van der Waals surface area contributed by atoms with Crippen molar-refractivity contribution in [2.24, 2.45) is 0 Å². The topological polar surface area (TPSA) is 85.5 Å². The van der Waals surface area contributed by atoms with Crippen molar-refractivity contribution in [2.45, 2.75) is 38.2 Å². The molecule has 2 heterocycles. The zero-order valence-corrected chi connectivity index (χ0v) is 11.5. The molecule has 21 heavy (non-hydrogen) atoms. The van der Waals surface area contributed by atoms with E-state index in [0.29, 0.717) is 24.6 Å². The van der Waals surface area contributed by atoms with E-state index in [4.69, 9.17) is 14.3 Å². The zero-order chi connectivity index (χ0) is 14.7. The molecule has 0 radical (unpaired) electrons. The van der Waals surface area contributed by atoms with E-state index in [1.54, 1.807) is 0 Å². The molecule has 6 nitrogen and oxygen atoms in total. The molecule has 0 saturated carbocycles. The molecule has 1 unspecified atom stereocenters. The van der Waals surface area contributed by atoms with Crippen molar-refractivity contribution in [3.05, 3.63) is 41.6 Å². The molecule has 0 fully saturated rings. The van der Waals surface area contributed by atoms with Crippen LogP contribution in [0.25, 0.3) is 0 Å². The Hall–Kier alpha value is -2.37. The van der Waals surface area contributed by atoms with Gasteiger partial charge in [0.2, 0.25) is 5.89 Å². The van der Waals surface area contributed by atoms with Crippen LogP contribution in [0.1, 0.15) is 42.7 Å². The number of hydrogen-bond donors (Lipinski definition) is 1. The highest BCUT2D eigenvalue weighted by atomic mass is 16.5. The molecule has 2 aromatic rings. The highest BCUT2D eigenvalue weighted by molar-refractivity contribution is 5.66. The highest BCUT2D eigenvalue weighted by Gasteiger charge is 2.28. The van der Waals surface area contributed by atoms with Crippen LogP contribution in [-0.2, 0) is 17.6 Å². The Labute approximate surface area is 121 Å². The number of para-hydroxylation sites is 1. The smallest absolute Gasteiger partial charge is 0.303 e. The Morgan fingerprint density at radius 3 is 2.95 bits per heavy atom. The standard InChI is InChI=1S/C15H16N2O4/c18-14(19)8-4-3-7-13-16-17-15(21-13)12-9-10-5-1-2-6-11(10)20-12/h1-2,5-6,12H,3-4,7-9H2,(H,18,19). The molecule has 1 atom stereocenters. The van der Waals surface area contributed by atoms with E-state index in [2.05, 4.69) is 10.2 Å². The van der Waals surface area contributed by atoms with Crippen molar-refractivity contribution in [3.8, 4) is 5.75 Å². The lowest BCUT2D eigenvalue weighted by Crippen LogP contribution is -2.03.